The van der Waals surface area contributed by atoms with Crippen molar-refractivity contribution in [2.45, 2.75) is 20.0 Å². The normalized spacial score (nSPS) is 11.8. The number of aliphatic hydroxyl groups excluding tert-OH is 1. The lowest BCUT2D eigenvalue weighted by Crippen LogP contribution is -2.42. The first-order valence-electron chi connectivity index (χ1n) is 6.43. The number of aryl methyl sites for hydroxylation is 1. The van der Waals surface area contributed by atoms with Crippen molar-refractivity contribution in [2.24, 2.45) is 0 Å². The van der Waals surface area contributed by atoms with Crippen LogP contribution in [0, 0.1) is 6.92 Å². The van der Waals surface area contributed by atoms with Crippen LogP contribution in [0.25, 0.3) is 0 Å². The number of halogens is 1. The van der Waals surface area contributed by atoms with Crippen LogP contribution in [0.1, 0.15) is 12.5 Å². The van der Waals surface area contributed by atoms with Crippen LogP contribution >= 0.6 is 11.6 Å². The molecule has 1 unspecified atom stereocenters. The molecule has 0 bridgehead atoms. The Morgan fingerprint density at radius 3 is 2.85 bits per heavy atom. The number of aliphatic hydroxyl groups is 1. The van der Waals surface area contributed by atoms with Gasteiger partial charge in [-0.1, -0.05) is 17.7 Å². The van der Waals surface area contributed by atoms with Gasteiger partial charge in [-0.05, 0) is 37.6 Å². The summed E-state index contributed by atoms with van der Waals surface area (Å²) < 4.78 is 5.67. The fourth-order valence-corrected chi connectivity index (χ4v) is 2.04. The Morgan fingerprint density at radius 1 is 1.60 bits per heavy atom. The van der Waals surface area contributed by atoms with Gasteiger partial charge in [-0.25, -0.2) is 0 Å². The van der Waals surface area contributed by atoms with E-state index in [-0.39, 0.29) is 19.1 Å². The fourth-order valence-electron chi connectivity index (χ4n) is 1.81. The van der Waals surface area contributed by atoms with Gasteiger partial charge in [0.05, 0.1) is 6.61 Å². The summed E-state index contributed by atoms with van der Waals surface area (Å²) in [5.74, 6) is 0.436. The Bertz CT molecular complexity index is 476. The van der Waals surface area contributed by atoms with E-state index < -0.39 is 6.10 Å². The molecule has 0 fully saturated rings. The minimum absolute atomic E-state index is 0.0910. The van der Waals surface area contributed by atoms with Gasteiger partial charge in [-0.15, -0.1) is 6.58 Å². The third-order valence-electron chi connectivity index (χ3n) is 2.82. The Labute approximate surface area is 124 Å². The largest absolute Gasteiger partial charge is 0.481 e. The van der Waals surface area contributed by atoms with E-state index in [1.807, 2.05) is 6.92 Å². The molecule has 5 heteroatoms. The van der Waals surface area contributed by atoms with Crippen molar-refractivity contribution in [1.29, 1.82) is 0 Å². The number of hydrogen-bond acceptors (Lipinski definition) is 3. The topological polar surface area (TPSA) is 49.8 Å². The number of benzene rings is 1. The molecule has 110 valence electrons. The zero-order valence-electron chi connectivity index (χ0n) is 11.8. The van der Waals surface area contributed by atoms with E-state index in [4.69, 9.17) is 21.4 Å². The number of carbonyl (C=O) groups excluding carboxylic acids is 1. The van der Waals surface area contributed by atoms with Crippen LogP contribution < -0.4 is 4.74 Å². The van der Waals surface area contributed by atoms with Crippen molar-refractivity contribution in [3.63, 3.8) is 0 Å². The fraction of sp³-hybridized carbons (Fsp3) is 0.400. The summed E-state index contributed by atoms with van der Waals surface area (Å²) in [5.41, 5.74) is 0.870. The van der Waals surface area contributed by atoms with Crippen molar-refractivity contribution in [3.05, 3.63) is 41.4 Å². The maximum Gasteiger partial charge on any atom is 0.263 e. The summed E-state index contributed by atoms with van der Waals surface area (Å²) in [6.45, 7) is 7.71. The molecule has 0 aliphatic heterocycles. The first-order chi connectivity index (χ1) is 9.49. The first kappa shape index (κ1) is 16.5. The predicted molar refractivity (Wildman–Crippen MR) is 80.1 cm³/mol. The third-order valence-corrected chi connectivity index (χ3v) is 3.05. The Morgan fingerprint density at radius 2 is 2.30 bits per heavy atom. The molecule has 0 radical (unpaired) electrons. The van der Waals surface area contributed by atoms with Gasteiger partial charge in [0.1, 0.15) is 5.75 Å². The highest BCUT2D eigenvalue weighted by Crippen LogP contribution is 2.23. The second-order valence-corrected chi connectivity index (χ2v) is 4.90. The Balaban J connectivity index is 2.75. The lowest BCUT2D eigenvalue weighted by molar-refractivity contribution is -0.137. The maximum atomic E-state index is 12.2. The van der Waals surface area contributed by atoms with Gasteiger partial charge >= 0.3 is 0 Å². The van der Waals surface area contributed by atoms with Crippen LogP contribution in [0.3, 0.4) is 0 Å². The minimum atomic E-state index is -0.638. The number of ether oxygens (including phenoxy) is 1. The lowest BCUT2D eigenvalue weighted by atomic mass is 10.2. The monoisotopic (exact) mass is 297 g/mol. The van der Waals surface area contributed by atoms with Crippen molar-refractivity contribution in [2.75, 3.05) is 19.7 Å². The minimum Gasteiger partial charge on any atom is -0.481 e. The zero-order chi connectivity index (χ0) is 15.1. The van der Waals surface area contributed by atoms with Gasteiger partial charge in [0.15, 0.2) is 6.10 Å². The maximum absolute atomic E-state index is 12.2. The van der Waals surface area contributed by atoms with Crippen molar-refractivity contribution < 1.29 is 14.6 Å². The van der Waals surface area contributed by atoms with E-state index in [0.717, 1.165) is 5.56 Å². The molecule has 0 aliphatic rings. The van der Waals surface area contributed by atoms with Crippen molar-refractivity contribution in [1.82, 2.24) is 4.90 Å². The second-order valence-electron chi connectivity index (χ2n) is 4.47. The van der Waals surface area contributed by atoms with Crippen LogP contribution in [-0.4, -0.2) is 41.7 Å². The molecule has 4 nitrogen and oxygen atoms in total. The average molecular weight is 298 g/mol. The molecular weight excluding hydrogens is 278 g/mol. The van der Waals surface area contributed by atoms with Gasteiger partial charge in [-0.3, -0.25) is 4.79 Å². The number of hydrogen-bond donors (Lipinski definition) is 1. The Kier molecular flexibility index (Phi) is 6.55. The SMILES string of the molecule is C=CCN(CCO)C(=O)C(C)Oc1ccc(Cl)cc1C. The summed E-state index contributed by atoms with van der Waals surface area (Å²) in [6.07, 6.45) is 0.981. The molecule has 1 N–H and O–H groups in total. The summed E-state index contributed by atoms with van der Waals surface area (Å²) in [4.78, 5) is 13.7. The highest BCUT2D eigenvalue weighted by atomic mass is 35.5. The molecule has 20 heavy (non-hydrogen) atoms. The highest BCUT2D eigenvalue weighted by molar-refractivity contribution is 6.30. The molecule has 1 amide bonds. The second kappa shape index (κ2) is 7.92. The zero-order valence-corrected chi connectivity index (χ0v) is 12.6. The third kappa shape index (κ3) is 4.54. The molecule has 0 saturated heterocycles. The smallest absolute Gasteiger partial charge is 0.263 e. The van der Waals surface area contributed by atoms with E-state index in [2.05, 4.69) is 6.58 Å². The molecule has 1 aromatic carbocycles. The van der Waals surface area contributed by atoms with Gasteiger partial charge < -0.3 is 14.7 Å². The lowest BCUT2D eigenvalue weighted by Gasteiger charge is -2.24. The standard InChI is InChI=1S/C15H20ClNO3/c1-4-7-17(8-9-18)15(19)12(3)20-14-6-5-13(16)10-11(14)2/h4-6,10,12,18H,1,7-9H2,2-3H3. The quantitative estimate of drug-likeness (QED) is 0.786. The summed E-state index contributed by atoms with van der Waals surface area (Å²) in [5, 5.41) is 9.60. The molecule has 0 aromatic heterocycles. The summed E-state index contributed by atoms with van der Waals surface area (Å²) in [7, 11) is 0. The van der Waals surface area contributed by atoms with Crippen LogP contribution in [0.4, 0.5) is 0 Å². The molecule has 0 saturated carbocycles. The highest BCUT2D eigenvalue weighted by Gasteiger charge is 2.21. The molecule has 1 atom stereocenters. The van der Waals surface area contributed by atoms with E-state index in [1.54, 1.807) is 31.2 Å². The molecule has 0 aliphatic carbocycles. The van der Waals surface area contributed by atoms with Gasteiger partial charge in [0, 0.05) is 18.1 Å². The molecule has 1 rings (SSSR count). The number of nitrogens with zero attached hydrogens (tertiary/aromatic N) is 1. The Hall–Kier alpha value is -1.52. The van der Waals surface area contributed by atoms with E-state index in [0.29, 0.717) is 17.3 Å². The van der Waals surface area contributed by atoms with E-state index in [9.17, 15) is 4.79 Å². The van der Waals surface area contributed by atoms with Crippen LogP contribution in [0.5, 0.6) is 5.75 Å². The van der Waals surface area contributed by atoms with Gasteiger partial charge in [0.25, 0.3) is 5.91 Å². The molecule has 1 aromatic rings. The average Bonchev–Trinajstić information content (AvgIpc) is 2.40. The van der Waals surface area contributed by atoms with Crippen LogP contribution in [0.2, 0.25) is 5.02 Å². The van der Waals surface area contributed by atoms with Crippen LogP contribution in [-0.2, 0) is 4.79 Å². The van der Waals surface area contributed by atoms with Gasteiger partial charge in [0.2, 0.25) is 0 Å². The van der Waals surface area contributed by atoms with Crippen molar-refractivity contribution in [3.8, 4) is 5.75 Å². The predicted octanol–water partition coefficient (Wildman–Crippen LogP) is 2.42. The van der Waals surface area contributed by atoms with E-state index >= 15 is 0 Å². The van der Waals surface area contributed by atoms with Crippen LogP contribution in [0.15, 0.2) is 30.9 Å². The summed E-state index contributed by atoms with van der Waals surface area (Å²) >= 11 is 5.88. The first-order valence-corrected chi connectivity index (χ1v) is 6.80. The number of carbonyl (C=O) groups is 1. The number of rotatable bonds is 7. The molecule has 0 heterocycles. The van der Waals surface area contributed by atoms with E-state index in [1.165, 1.54) is 4.90 Å². The van der Waals surface area contributed by atoms with Gasteiger partial charge in [-0.2, -0.15) is 0 Å². The molecule has 0 spiro atoms. The van der Waals surface area contributed by atoms with Crippen molar-refractivity contribution >= 4 is 17.5 Å². The summed E-state index contributed by atoms with van der Waals surface area (Å²) in [6, 6.07) is 5.24. The molecular formula is C15H20ClNO3. The number of amides is 1.